The topological polar surface area (TPSA) is 12.0 Å². The second-order valence-corrected chi connectivity index (χ2v) is 3.86. The predicted octanol–water partition coefficient (Wildman–Crippen LogP) is 3.32. The van der Waals surface area contributed by atoms with Crippen molar-refractivity contribution in [2.24, 2.45) is 0 Å². The van der Waals surface area contributed by atoms with Gasteiger partial charge in [0.15, 0.2) is 0 Å². The Hall–Kier alpha value is -0.760. The Balaban J connectivity index is 2.53. The third kappa shape index (κ3) is 3.09. The molecule has 0 spiro atoms. The largest absolute Gasteiger partial charge is 0.380 e. The summed E-state index contributed by atoms with van der Waals surface area (Å²) < 4.78 is 0.961. The first-order valence-electron chi connectivity index (χ1n) is 3.82. The fourth-order valence-corrected chi connectivity index (χ4v) is 1.01. The van der Waals surface area contributed by atoms with Gasteiger partial charge in [0, 0.05) is 16.7 Å². The average molecular weight is 226 g/mol. The molecule has 1 nitrogen and oxygen atoms in total. The Morgan fingerprint density at radius 3 is 2.50 bits per heavy atom. The molecule has 2 heteroatoms. The van der Waals surface area contributed by atoms with Gasteiger partial charge in [-0.25, -0.2) is 0 Å². The smallest absolute Gasteiger partial charge is 0.0460 e. The number of hydrogen-bond donors (Lipinski definition) is 1. The first-order valence-corrected chi connectivity index (χ1v) is 4.61. The van der Waals surface area contributed by atoms with Crippen LogP contribution >= 0.6 is 15.9 Å². The quantitative estimate of drug-likeness (QED) is 0.833. The summed E-state index contributed by atoms with van der Waals surface area (Å²) in [6, 6.07) is 8.29. The van der Waals surface area contributed by atoms with Crippen LogP contribution in [0.3, 0.4) is 0 Å². The number of anilines is 1. The van der Waals surface area contributed by atoms with Gasteiger partial charge in [0.05, 0.1) is 0 Å². The number of nitrogens with one attached hydrogen (secondary N) is 1. The van der Waals surface area contributed by atoms with Crippen molar-refractivity contribution >= 4 is 21.6 Å². The van der Waals surface area contributed by atoms with Crippen molar-refractivity contribution in [1.29, 1.82) is 0 Å². The summed E-state index contributed by atoms with van der Waals surface area (Å²) >= 11 is 3.29. The van der Waals surface area contributed by atoms with Gasteiger partial charge in [-0.05, 0) is 19.1 Å². The number of benzene rings is 1. The molecule has 0 unspecified atom stereocenters. The van der Waals surface area contributed by atoms with Gasteiger partial charge in [-0.3, -0.25) is 0 Å². The molecule has 1 aromatic carbocycles. The highest BCUT2D eigenvalue weighted by Gasteiger charge is 1.90. The normalized spacial score (nSPS) is 9.50. The Morgan fingerprint density at radius 1 is 1.42 bits per heavy atom. The first-order chi connectivity index (χ1) is 5.68. The van der Waals surface area contributed by atoms with Crippen LogP contribution in [0.15, 0.2) is 35.3 Å². The molecule has 0 radical (unpaired) electrons. The van der Waals surface area contributed by atoms with Crippen LogP contribution in [0.2, 0.25) is 0 Å². The Kier molecular flexibility index (Phi) is 3.35. The summed E-state index contributed by atoms with van der Waals surface area (Å²) in [7, 11) is 0. The van der Waals surface area contributed by atoms with Gasteiger partial charge in [0.25, 0.3) is 0 Å². The van der Waals surface area contributed by atoms with Gasteiger partial charge < -0.3 is 5.32 Å². The third-order valence-electron chi connectivity index (χ3n) is 1.54. The van der Waals surface area contributed by atoms with Crippen LogP contribution in [0.1, 0.15) is 5.56 Å². The van der Waals surface area contributed by atoms with Crippen LogP contribution in [0, 0.1) is 6.92 Å². The zero-order valence-corrected chi connectivity index (χ0v) is 8.69. The maximum Gasteiger partial charge on any atom is 0.0460 e. The summed E-state index contributed by atoms with van der Waals surface area (Å²) in [5.74, 6) is 0. The second kappa shape index (κ2) is 4.31. The average Bonchev–Trinajstić information content (AvgIpc) is 2.03. The molecule has 1 N–H and O–H groups in total. The van der Waals surface area contributed by atoms with Crippen LogP contribution in [-0.4, -0.2) is 6.54 Å². The van der Waals surface area contributed by atoms with Crippen LogP contribution in [0.25, 0.3) is 0 Å². The maximum absolute atomic E-state index is 3.74. The lowest BCUT2D eigenvalue weighted by Gasteiger charge is -2.04. The lowest BCUT2D eigenvalue weighted by Crippen LogP contribution is -1.99. The Bertz CT molecular complexity index is 264. The lowest BCUT2D eigenvalue weighted by molar-refractivity contribution is 1.32. The standard InChI is InChI=1S/C10H12BrN/c1-8-3-5-10(6-4-8)12-7-9(2)11/h3-6,12H,2,7H2,1H3. The highest BCUT2D eigenvalue weighted by Crippen LogP contribution is 2.10. The fraction of sp³-hybridized carbons (Fsp3) is 0.200. The minimum absolute atomic E-state index is 0.767. The van der Waals surface area contributed by atoms with Crippen molar-refractivity contribution in [3.63, 3.8) is 0 Å². The molecule has 0 fully saturated rings. The van der Waals surface area contributed by atoms with Gasteiger partial charge in [-0.1, -0.05) is 40.2 Å². The highest BCUT2D eigenvalue weighted by molar-refractivity contribution is 9.11. The van der Waals surface area contributed by atoms with E-state index in [9.17, 15) is 0 Å². The predicted molar refractivity (Wildman–Crippen MR) is 57.7 cm³/mol. The summed E-state index contributed by atoms with van der Waals surface area (Å²) in [5.41, 5.74) is 2.40. The molecule has 0 heterocycles. The van der Waals surface area contributed by atoms with Gasteiger partial charge in [-0.15, -0.1) is 0 Å². The van der Waals surface area contributed by atoms with Crippen LogP contribution in [0.5, 0.6) is 0 Å². The molecule has 0 bridgehead atoms. The van der Waals surface area contributed by atoms with E-state index in [4.69, 9.17) is 0 Å². The molecule has 0 saturated carbocycles. The van der Waals surface area contributed by atoms with E-state index in [0.717, 1.165) is 16.7 Å². The highest BCUT2D eigenvalue weighted by atomic mass is 79.9. The van der Waals surface area contributed by atoms with Crippen molar-refractivity contribution in [3.05, 3.63) is 40.9 Å². The van der Waals surface area contributed by atoms with E-state index >= 15 is 0 Å². The molecular formula is C10H12BrN. The van der Waals surface area contributed by atoms with Crippen LogP contribution < -0.4 is 5.32 Å². The van der Waals surface area contributed by atoms with Crippen molar-refractivity contribution in [2.45, 2.75) is 6.92 Å². The van der Waals surface area contributed by atoms with Crippen LogP contribution in [-0.2, 0) is 0 Å². The molecule has 0 aromatic heterocycles. The summed E-state index contributed by atoms with van der Waals surface area (Å²) in [4.78, 5) is 0. The van der Waals surface area contributed by atoms with Gasteiger partial charge in [-0.2, -0.15) is 0 Å². The minimum atomic E-state index is 0.767. The molecule has 12 heavy (non-hydrogen) atoms. The van der Waals surface area contributed by atoms with Crippen molar-refractivity contribution in [3.8, 4) is 0 Å². The van der Waals surface area contributed by atoms with Gasteiger partial charge in [0.2, 0.25) is 0 Å². The molecule has 0 aliphatic carbocycles. The molecule has 1 aromatic rings. The summed E-state index contributed by atoms with van der Waals surface area (Å²) in [6.07, 6.45) is 0. The molecule has 0 atom stereocenters. The molecule has 0 aliphatic heterocycles. The number of rotatable bonds is 3. The minimum Gasteiger partial charge on any atom is -0.380 e. The molecule has 0 amide bonds. The maximum atomic E-state index is 3.74. The zero-order chi connectivity index (χ0) is 8.97. The molecule has 1 rings (SSSR count). The second-order valence-electron chi connectivity index (χ2n) is 2.74. The fourth-order valence-electron chi connectivity index (χ4n) is 0.869. The zero-order valence-electron chi connectivity index (χ0n) is 7.10. The SMILES string of the molecule is C=C(Br)CNc1ccc(C)cc1. The van der Waals surface area contributed by atoms with E-state index < -0.39 is 0 Å². The van der Waals surface area contributed by atoms with E-state index in [2.05, 4.69) is 59.0 Å². The van der Waals surface area contributed by atoms with Crippen molar-refractivity contribution in [2.75, 3.05) is 11.9 Å². The van der Waals surface area contributed by atoms with E-state index in [1.807, 2.05) is 0 Å². The Labute approximate surface area is 81.6 Å². The number of aryl methyl sites for hydroxylation is 1. The summed E-state index contributed by atoms with van der Waals surface area (Å²) in [6.45, 7) is 6.59. The van der Waals surface area contributed by atoms with E-state index in [1.54, 1.807) is 0 Å². The van der Waals surface area contributed by atoms with E-state index in [-0.39, 0.29) is 0 Å². The summed E-state index contributed by atoms with van der Waals surface area (Å²) in [5, 5.41) is 3.22. The molecular weight excluding hydrogens is 214 g/mol. The lowest BCUT2D eigenvalue weighted by atomic mass is 10.2. The van der Waals surface area contributed by atoms with Crippen molar-refractivity contribution < 1.29 is 0 Å². The molecule has 0 aliphatic rings. The molecule has 64 valence electrons. The molecule has 0 saturated heterocycles. The van der Waals surface area contributed by atoms with Crippen molar-refractivity contribution in [1.82, 2.24) is 0 Å². The van der Waals surface area contributed by atoms with Crippen LogP contribution in [0.4, 0.5) is 5.69 Å². The Morgan fingerprint density at radius 2 is 2.00 bits per heavy atom. The number of halogens is 1. The van der Waals surface area contributed by atoms with Gasteiger partial charge in [0.1, 0.15) is 0 Å². The third-order valence-corrected chi connectivity index (χ3v) is 1.82. The van der Waals surface area contributed by atoms with Gasteiger partial charge >= 0.3 is 0 Å². The number of hydrogen-bond acceptors (Lipinski definition) is 1. The first kappa shape index (κ1) is 9.33. The van der Waals surface area contributed by atoms with E-state index in [1.165, 1.54) is 5.56 Å². The monoisotopic (exact) mass is 225 g/mol. The van der Waals surface area contributed by atoms with E-state index in [0.29, 0.717) is 0 Å².